The number of nitrogens with zero attached hydrogens (tertiary/aromatic N) is 6. The van der Waals surface area contributed by atoms with Crippen molar-refractivity contribution in [3.63, 3.8) is 0 Å². The van der Waals surface area contributed by atoms with Crippen LogP contribution in [0.3, 0.4) is 0 Å². The van der Waals surface area contributed by atoms with Crippen molar-refractivity contribution in [2.45, 2.75) is 0 Å². The number of hydrazone groups is 1. The largest absolute Gasteiger partial charge is 0.337 e. The molecule has 29 heavy (non-hydrogen) atoms. The zero-order chi connectivity index (χ0) is 20.2. The first kappa shape index (κ1) is 17.9. The van der Waals surface area contributed by atoms with Gasteiger partial charge in [0.25, 0.3) is 5.69 Å². The van der Waals surface area contributed by atoms with Crippen LogP contribution >= 0.6 is 0 Å². The van der Waals surface area contributed by atoms with E-state index in [2.05, 4.69) is 40.8 Å². The van der Waals surface area contributed by atoms with Crippen LogP contribution in [0.1, 0.15) is 5.56 Å². The molecule has 0 saturated heterocycles. The Labute approximate surface area is 161 Å². The van der Waals surface area contributed by atoms with Crippen molar-refractivity contribution in [2.24, 2.45) is 5.10 Å². The van der Waals surface area contributed by atoms with Gasteiger partial charge in [0.2, 0.25) is 11.3 Å². The highest BCUT2D eigenvalue weighted by molar-refractivity contribution is 5.82. The summed E-state index contributed by atoms with van der Waals surface area (Å²) in [6.07, 6.45) is 1.39. The number of anilines is 3. The second kappa shape index (κ2) is 7.64. The van der Waals surface area contributed by atoms with Gasteiger partial charge in [0.15, 0.2) is 11.6 Å². The maximum absolute atomic E-state index is 13.1. The molecule has 11 nitrogen and oxygen atoms in total. The molecule has 2 aromatic carbocycles. The fourth-order valence-corrected chi connectivity index (χ4v) is 2.36. The molecule has 0 amide bonds. The van der Waals surface area contributed by atoms with Gasteiger partial charge in [-0.3, -0.25) is 15.5 Å². The Morgan fingerprint density at radius 3 is 2.52 bits per heavy atom. The van der Waals surface area contributed by atoms with Crippen molar-refractivity contribution >= 4 is 40.5 Å². The molecule has 0 unspecified atom stereocenters. The van der Waals surface area contributed by atoms with Crippen LogP contribution in [0.25, 0.3) is 11.3 Å². The standard InChI is InChI=1S/C17H11FN8O3/c18-11-4-6-12(7-5-11)20-14-15(22-17-16(21-14)24-29-25-17)23-19-9-10-2-1-3-13(8-10)26(27)28/h1-9H,(H,20,21,24)(H,22,23,25)/b19-9-. The Morgan fingerprint density at radius 2 is 1.79 bits per heavy atom. The Balaban J connectivity index is 1.60. The lowest BCUT2D eigenvalue weighted by Crippen LogP contribution is -2.03. The van der Waals surface area contributed by atoms with Crippen LogP contribution < -0.4 is 10.7 Å². The summed E-state index contributed by atoms with van der Waals surface area (Å²) in [7, 11) is 0. The summed E-state index contributed by atoms with van der Waals surface area (Å²) in [5, 5.41) is 25.2. The van der Waals surface area contributed by atoms with Gasteiger partial charge in [-0.05, 0) is 34.6 Å². The maximum Gasteiger partial charge on any atom is 0.270 e. The molecular formula is C17H11FN8O3. The van der Waals surface area contributed by atoms with Crippen LogP contribution in [0.5, 0.6) is 0 Å². The normalized spacial score (nSPS) is 11.1. The van der Waals surface area contributed by atoms with E-state index in [0.29, 0.717) is 11.3 Å². The lowest BCUT2D eigenvalue weighted by molar-refractivity contribution is -0.384. The topological polar surface area (TPSA) is 144 Å². The molecule has 2 N–H and O–H groups in total. The summed E-state index contributed by atoms with van der Waals surface area (Å²) >= 11 is 0. The molecule has 0 aliphatic rings. The molecule has 12 heteroatoms. The summed E-state index contributed by atoms with van der Waals surface area (Å²) < 4.78 is 17.7. The van der Waals surface area contributed by atoms with Gasteiger partial charge < -0.3 is 5.32 Å². The highest BCUT2D eigenvalue weighted by Gasteiger charge is 2.13. The Kier molecular flexibility index (Phi) is 4.72. The first-order valence-corrected chi connectivity index (χ1v) is 8.15. The lowest BCUT2D eigenvalue weighted by atomic mass is 10.2. The molecule has 0 fully saturated rings. The summed E-state index contributed by atoms with van der Waals surface area (Å²) in [6.45, 7) is 0. The zero-order valence-electron chi connectivity index (χ0n) is 14.5. The molecule has 4 aromatic rings. The van der Waals surface area contributed by atoms with Crippen molar-refractivity contribution in [2.75, 3.05) is 10.7 Å². The molecule has 0 bridgehead atoms. The molecule has 0 aliphatic carbocycles. The van der Waals surface area contributed by atoms with Crippen LogP contribution in [0.2, 0.25) is 0 Å². The minimum Gasteiger partial charge on any atom is -0.337 e. The molecule has 0 aliphatic heterocycles. The van der Waals surface area contributed by atoms with E-state index in [1.54, 1.807) is 12.1 Å². The monoisotopic (exact) mass is 394 g/mol. The molecular weight excluding hydrogens is 383 g/mol. The fraction of sp³-hybridized carbons (Fsp3) is 0. The van der Waals surface area contributed by atoms with Gasteiger partial charge in [0, 0.05) is 23.4 Å². The van der Waals surface area contributed by atoms with Crippen molar-refractivity contribution in [3.05, 3.63) is 70.0 Å². The number of non-ortho nitro benzene ring substituents is 1. The SMILES string of the molecule is O=[N+]([O-])c1cccc(/C=N\Nc2nc3nonc3nc2Nc2ccc(F)cc2)c1. The molecule has 0 atom stereocenters. The van der Waals surface area contributed by atoms with E-state index in [1.807, 2.05) is 0 Å². The number of nitro benzene ring substituents is 1. The minimum atomic E-state index is -0.494. The summed E-state index contributed by atoms with van der Waals surface area (Å²) in [4.78, 5) is 18.8. The van der Waals surface area contributed by atoms with Gasteiger partial charge in [0.05, 0.1) is 11.1 Å². The number of benzene rings is 2. The van der Waals surface area contributed by atoms with Crippen LogP contribution in [0.4, 0.5) is 27.4 Å². The quantitative estimate of drug-likeness (QED) is 0.286. The van der Waals surface area contributed by atoms with E-state index in [9.17, 15) is 14.5 Å². The van der Waals surface area contributed by atoms with Crippen molar-refractivity contribution < 1.29 is 13.9 Å². The van der Waals surface area contributed by atoms with E-state index in [4.69, 9.17) is 0 Å². The Bertz CT molecular complexity index is 1210. The third kappa shape index (κ3) is 4.10. The van der Waals surface area contributed by atoms with Crippen molar-refractivity contribution in [1.29, 1.82) is 0 Å². The molecule has 0 radical (unpaired) electrons. The smallest absolute Gasteiger partial charge is 0.270 e. The van der Waals surface area contributed by atoms with E-state index >= 15 is 0 Å². The summed E-state index contributed by atoms with van der Waals surface area (Å²) in [6, 6.07) is 11.6. The Hall–Kier alpha value is -4.48. The van der Waals surface area contributed by atoms with E-state index in [1.165, 1.54) is 42.6 Å². The average molecular weight is 394 g/mol. The predicted octanol–water partition coefficient (Wildman–Crippen LogP) is 3.25. The van der Waals surface area contributed by atoms with Crippen molar-refractivity contribution in [1.82, 2.24) is 20.3 Å². The number of halogens is 1. The number of aromatic nitrogens is 4. The maximum atomic E-state index is 13.1. The molecule has 0 spiro atoms. The van der Waals surface area contributed by atoms with Crippen LogP contribution in [0.15, 0.2) is 58.3 Å². The first-order valence-electron chi connectivity index (χ1n) is 8.15. The van der Waals surface area contributed by atoms with E-state index in [0.717, 1.165) is 0 Å². The molecule has 144 valence electrons. The van der Waals surface area contributed by atoms with E-state index in [-0.39, 0.29) is 34.4 Å². The average Bonchev–Trinajstić information content (AvgIpc) is 3.17. The lowest BCUT2D eigenvalue weighted by Gasteiger charge is -2.09. The Morgan fingerprint density at radius 1 is 1.07 bits per heavy atom. The highest BCUT2D eigenvalue weighted by Crippen LogP contribution is 2.24. The highest BCUT2D eigenvalue weighted by atomic mass is 19.1. The second-order valence-electron chi connectivity index (χ2n) is 5.69. The zero-order valence-corrected chi connectivity index (χ0v) is 14.5. The van der Waals surface area contributed by atoms with Gasteiger partial charge in [-0.1, -0.05) is 12.1 Å². The number of nitro groups is 1. The van der Waals surface area contributed by atoms with Crippen LogP contribution in [-0.2, 0) is 0 Å². The number of hydrogen-bond acceptors (Lipinski definition) is 10. The van der Waals surface area contributed by atoms with Gasteiger partial charge >= 0.3 is 0 Å². The predicted molar refractivity (Wildman–Crippen MR) is 101 cm³/mol. The molecule has 2 heterocycles. The third-order valence-electron chi connectivity index (χ3n) is 3.69. The minimum absolute atomic E-state index is 0.0532. The van der Waals surface area contributed by atoms with Gasteiger partial charge in [-0.25, -0.2) is 14.0 Å². The summed E-state index contributed by atoms with van der Waals surface area (Å²) in [5.41, 5.74) is 4.04. The number of hydrogen-bond donors (Lipinski definition) is 2. The van der Waals surface area contributed by atoms with Gasteiger partial charge in [-0.15, -0.1) is 0 Å². The van der Waals surface area contributed by atoms with Gasteiger partial charge in [-0.2, -0.15) is 10.1 Å². The van der Waals surface area contributed by atoms with Crippen LogP contribution in [0, 0.1) is 15.9 Å². The van der Waals surface area contributed by atoms with Crippen LogP contribution in [-0.4, -0.2) is 31.4 Å². The molecule has 0 saturated carbocycles. The number of fused-ring (bicyclic) bond motifs is 1. The van der Waals surface area contributed by atoms with E-state index < -0.39 is 4.92 Å². The summed E-state index contributed by atoms with van der Waals surface area (Å²) in [5.74, 6) is 0.0629. The van der Waals surface area contributed by atoms with Gasteiger partial charge in [0.1, 0.15) is 5.82 Å². The molecule has 4 rings (SSSR count). The molecule has 2 aromatic heterocycles. The second-order valence-corrected chi connectivity index (χ2v) is 5.69. The number of rotatable bonds is 6. The van der Waals surface area contributed by atoms with Crippen molar-refractivity contribution in [3.8, 4) is 0 Å². The first-order chi connectivity index (χ1) is 14.1. The number of nitrogens with one attached hydrogen (secondary N) is 2. The fourth-order valence-electron chi connectivity index (χ4n) is 2.36. The third-order valence-corrected chi connectivity index (χ3v) is 3.69.